The first-order valence-electron chi connectivity index (χ1n) is 26.2. The Morgan fingerprint density at radius 2 is 1.01 bits per heavy atom. The minimum Gasteiger partial charge on any atom is -0.458 e. The van der Waals surface area contributed by atoms with Gasteiger partial charge in [0.05, 0.1) is 16.1 Å². The number of thiophene rings is 2. The van der Waals surface area contributed by atoms with Crippen molar-refractivity contribution in [2.24, 2.45) is 0 Å². The average Bonchev–Trinajstić information content (AvgIpc) is 3.98. The molecular formula is C68H61BN2OS2. The fourth-order valence-electron chi connectivity index (χ4n) is 11.9. The number of rotatable bonds is 5. The van der Waals surface area contributed by atoms with Crippen molar-refractivity contribution in [1.82, 2.24) is 0 Å². The first-order valence-corrected chi connectivity index (χ1v) is 27.8. The topological polar surface area (TPSA) is 15.7 Å². The highest BCUT2D eigenvalue weighted by Crippen LogP contribution is 2.53. The lowest BCUT2D eigenvalue weighted by molar-refractivity contribution is 0.494. The van der Waals surface area contributed by atoms with Gasteiger partial charge in [-0.2, -0.15) is 0 Å². The molecule has 0 amide bonds. The van der Waals surface area contributed by atoms with E-state index in [-0.39, 0.29) is 23.0 Å². The van der Waals surface area contributed by atoms with E-state index >= 15 is 0 Å². The number of anilines is 6. The molecule has 2 aliphatic heterocycles. The van der Waals surface area contributed by atoms with Gasteiger partial charge in [0, 0.05) is 58.4 Å². The summed E-state index contributed by atoms with van der Waals surface area (Å²) in [5.41, 5.74) is 19.4. The largest absolute Gasteiger partial charge is 0.458 e. The molecule has 0 radical (unpaired) electrons. The van der Waals surface area contributed by atoms with Gasteiger partial charge in [-0.25, -0.2) is 0 Å². The van der Waals surface area contributed by atoms with Gasteiger partial charge in [-0.3, -0.25) is 0 Å². The molecule has 0 N–H and O–H groups in total. The summed E-state index contributed by atoms with van der Waals surface area (Å²) in [5, 5.41) is 4.94. The zero-order valence-electron chi connectivity index (χ0n) is 44.4. The number of hydrogen-bond donors (Lipinski definition) is 0. The van der Waals surface area contributed by atoms with E-state index < -0.39 is 0 Å². The number of benzene rings is 9. The molecule has 0 bridgehead atoms. The molecule has 364 valence electrons. The van der Waals surface area contributed by atoms with Crippen LogP contribution >= 0.6 is 22.7 Å². The minimum absolute atomic E-state index is 0.0296. The van der Waals surface area contributed by atoms with Crippen molar-refractivity contribution in [3.8, 4) is 22.6 Å². The highest BCUT2D eigenvalue weighted by Gasteiger charge is 2.44. The van der Waals surface area contributed by atoms with E-state index in [1.165, 1.54) is 95.8 Å². The Hall–Kier alpha value is -7.12. The van der Waals surface area contributed by atoms with Crippen molar-refractivity contribution in [2.45, 2.75) is 92.4 Å². The van der Waals surface area contributed by atoms with Crippen LogP contribution in [0.25, 0.3) is 51.5 Å². The van der Waals surface area contributed by atoms with Gasteiger partial charge in [0.1, 0.15) is 11.5 Å². The predicted molar refractivity (Wildman–Crippen MR) is 324 cm³/mol. The molecule has 74 heavy (non-hydrogen) atoms. The van der Waals surface area contributed by atoms with Crippen LogP contribution in [0.1, 0.15) is 90.1 Å². The van der Waals surface area contributed by atoms with E-state index in [0.717, 1.165) is 45.5 Å². The number of hydrogen-bond acceptors (Lipinski definition) is 5. The number of ether oxygens (including phenoxy) is 1. The van der Waals surface area contributed by atoms with Gasteiger partial charge in [-0.1, -0.05) is 171 Å². The van der Waals surface area contributed by atoms with Crippen molar-refractivity contribution >= 4 is 120 Å². The molecule has 6 heteroatoms. The lowest BCUT2D eigenvalue weighted by Crippen LogP contribution is -2.59. The highest BCUT2D eigenvalue weighted by atomic mass is 32.1. The summed E-state index contributed by atoms with van der Waals surface area (Å²) in [4.78, 5) is 5.08. The monoisotopic (exact) mass is 996 g/mol. The molecule has 0 fully saturated rings. The van der Waals surface area contributed by atoms with Gasteiger partial charge in [-0.15, -0.1) is 22.7 Å². The van der Waals surface area contributed by atoms with Crippen LogP contribution in [-0.4, -0.2) is 6.71 Å². The Balaban J connectivity index is 1.11. The van der Waals surface area contributed by atoms with Gasteiger partial charge >= 0.3 is 0 Å². The lowest BCUT2D eigenvalue weighted by Gasteiger charge is -2.41. The number of fused-ring (bicyclic) bond motifs is 11. The SMILES string of the molecule is Cc1cc(C)cc(-c2cc3c4c(c2)N(c2ccc(N(c5ccc(C(C)(C)C)cc5)c5ccc(C(C)(C)C)cc5)c5sc6ccccc6c25)c2ccc(C(C)(C)C)cc2B4c2ccc4sc5ccccc5c4c2O3)c1. The standard InChI is InChI=1S/C68H61BN2OS2/c1-40-34-41(2)36-42(35-40)43-37-56-63-57(38-43)72-64-51(29-33-60-62(64)50-17-13-14-18-58(50)73-60)69(63)52-39-46(68(9,10)11)24-30-53(52)71(56)54-31-32-55(65-61(54)49-16-12-15-19-59(49)74-65)70(47-25-20-44(21-26-47)66(3,4)5)48-27-22-45(23-28-48)67(6,7)8/h12-39H,1-11H3. The molecular weight excluding hydrogens is 936 g/mol. The zero-order valence-corrected chi connectivity index (χ0v) is 46.0. The van der Waals surface area contributed by atoms with Gasteiger partial charge < -0.3 is 14.5 Å². The third-order valence-corrected chi connectivity index (χ3v) is 18.0. The summed E-state index contributed by atoms with van der Waals surface area (Å²) in [6.45, 7) is 25.1. The Kier molecular flexibility index (Phi) is 10.5. The molecule has 2 aromatic heterocycles. The van der Waals surface area contributed by atoms with Crippen LogP contribution in [0.2, 0.25) is 0 Å². The van der Waals surface area contributed by atoms with E-state index in [4.69, 9.17) is 4.74 Å². The van der Waals surface area contributed by atoms with Crippen LogP contribution in [0.4, 0.5) is 34.1 Å². The van der Waals surface area contributed by atoms with Crippen LogP contribution in [0.5, 0.6) is 11.5 Å². The molecule has 9 aromatic carbocycles. The molecule has 0 spiro atoms. The van der Waals surface area contributed by atoms with Crippen molar-refractivity contribution in [2.75, 3.05) is 9.80 Å². The molecule has 13 rings (SSSR count). The third kappa shape index (κ3) is 7.50. The van der Waals surface area contributed by atoms with E-state index in [2.05, 4.69) is 256 Å². The smallest absolute Gasteiger partial charge is 0.256 e. The second-order valence-corrected chi connectivity index (χ2v) is 26.1. The molecule has 3 nitrogen and oxygen atoms in total. The van der Waals surface area contributed by atoms with Crippen LogP contribution in [0.15, 0.2) is 170 Å². The fraction of sp³-hybridized carbons (Fsp3) is 0.206. The minimum atomic E-state index is -0.0739. The molecule has 0 saturated carbocycles. The second kappa shape index (κ2) is 16.7. The molecule has 2 aliphatic rings. The van der Waals surface area contributed by atoms with E-state index in [1.54, 1.807) is 0 Å². The van der Waals surface area contributed by atoms with Crippen molar-refractivity contribution < 1.29 is 4.74 Å². The quantitative estimate of drug-likeness (QED) is 0.160. The molecule has 4 heterocycles. The second-order valence-electron chi connectivity index (χ2n) is 24.0. The maximum Gasteiger partial charge on any atom is 0.256 e. The molecule has 0 atom stereocenters. The summed E-state index contributed by atoms with van der Waals surface area (Å²) in [6.07, 6.45) is 0. The molecule has 0 saturated heterocycles. The van der Waals surface area contributed by atoms with Crippen molar-refractivity contribution in [3.63, 3.8) is 0 Å². The fourth-order valence-corrected chi connectivity index (χ4v) is 14.2. The van der Waals surface area contributed by atoms with Gasteiger partial charge in [-0.05, 0) is 147 Å². The van der Waals surface area contributed by atoms with E-state index in [9.17, 15) is 0 Å². The van der Waals surface area contributed by atoms with E-state index in [1.807, 2.05) is 22.7 Å². The Labute approximate surface area is 444 Å². The normalized spacial score (nSPS) is 13.4. The summed E-state index contributed by atoms with van der Waals surface area (Å²) in [6, 6.07) is 64.9. The highest BCUT2D eigenvalue weighted by molar-refractivity contribution is 7.26. The maximum absolute atomic E-state index is 7.55. The van der Waals surface area contributed by atoms with Crippen molar-refractivity contribution in [3.05, 3.63) is 198 Å². The summed E-state index contributed by atoms with van der Waals surface area (Å²) >= 11 is 3.74. The number of nitrogens with zero attached hydrogens (tertiary/aromatic N) is 2. The lowest BCUT2D eigenvalue weighted by atomic mass is 9.34. The Morgan fingerprint density at radius 3 is 1.64 bits per heavy atom. The third-order valence-electron chi connectivity index (χ3n) is 15.6. The van der Waals surface area contributed by atoms with Crippen molar-refractivity contribution in [1.29, 1.82) is 0 Å². The Bertz CT molecular complexity index is 4010. The first-order chi connectivity index (χ1) is 35.4. The van der Waals surface area contributed by atoms with Crippen LogP contribution in [-0.2, 0) is 16.2 Å². The molecule has 11 aromatic rings. The van der Waals surface area contributed by atoms with Crippen LogP contribution in [0, 0.1) is 13.8 Å². The predicted octanol–water partition coefficient (Wildman–Crippen LogP) is 18.5. The van der Waals surface area contributed by atoms with Gasteiger partial charge in [0.25, 0.3) is 6.71 Å². The number of aryl methyl sites for hydroxylation is 2. The Morgan fingerprint density at radius 1 is 0.459 bits per heavy atom. The maximum atomic E-state index is 7.55. The van der Waals surface area contributed by atoms with Crippen LogP contribution in [0.3, 0.4) is 0 Å². The summed E-state index contributed by atoms with van der Waals surface area (Å²) < 4.78 is 12.6. The average molecular weight is 997 g/mol. The summed E-state index contributed by atoms with van der Waals surface area (Å²) in [5.74, 6) is 1.89. The first kappa shape index (κ1) is 46.7. The summed E-state index contributed by atoms with van der Waals surface area (Å²) in [7, 11) is 0. The van der Waals surface area contributed by atoms with E-state index in [0.29, 0.717) is 0 Å². The zero-order chi connectivity index (χ0) is 51.2. The van der Waals surface area contributed by atoms with Crippen LogP contribution < -0.4 is 30.9 Å². The molecule has 0 unspecified atom stereocenters. The van der Waals surface area contributed by atoms with Gasteiger partial charge in [0.2, 0.25) is 0 Å². The van der Waals surface area contributed by atoms with Gasteiger partial charge in [0.15, 0.2) is 0 Å². The molecule has 0 aliphatic carbocycles.